The summed E-state index contributed by atoms with van der Waals surface area (Å²) in [6.45, 7) is 3.05. The summed E-state index contributed by atoms with van der Waals surface area (Å²) >= 11 is 0. The van der Waals surface area contributed by atoms with Crippen LogP contribution in [-0.4, -0.2) is 70.5 Å². The van der Waals surface area contributed by atoms with Crippen molar-refractivity contribution >= 4 is 32.9 Å². The van der Waals surface area contributed by atoms with Gasteiger partial charge in [-0.05, 0) is 38.8 Å². The SMILES string of the molecule is CN1C(=O)N(CCCC(C(=O)O)C(=O)S(=O)(=O)c2ccncc2)C(=O)C1(C)C. The standard InChI is InChI=1S/C17H21N3O7S/c1-17(2)15(24)20(16(25)19(17)3)10-4-5-12(13(21)22)14(23)28(26,27)11-6-8-18-9-7-11/h6-9,12H,4-5,10H2,1-3H3,(H,21,22). The number of aliphatic carboxylic acids is 1. The molecule has 0 aliphatic carbocycles. The topological polar surface area (TPSA) is 142 Å². The lowest BCUT2D eigenvalue weighted by Crippen LogP contribution is -2.41. The largest absolute Gasteiger partial charge is 0.481 e. The zero-order chi connectivity index (χ0) is 21.3. The Hall–Kier alpha value is -2.82. The number of likely N-dealkylation sites (N-methyl/N-ethyl adjacent to an activating group) is 1. The van der Waals surface area contributed by atoms with Gasteiger partial charge in [-0.15, -0.1) is 0 Å². The second-order valence-corrected chi connectivity index (χ2v) is 8.78. The lowest BCUT2D eigenvalue weighted by molar-refractivity contribution is -0.144. The van der Waals surface area contributed by atoms with E-state index >= 15 is 0 Å². The molecule has 1 saturated heterocycles. The van der Waals surface area contributed by atoms with Crippen LogP contribution in [0.3, 0.4) is 0 Å². The highest BCUT2D eigenvalue weighted by Gasteiger charge is 2.49. The van der Waals surface area contributed by atoms with Gasteiger partial charge in [0.1, 0.15) is 11.5 Å². The van der Waals surface area contributed by atoms with Gasteiger partial charge in [0.15, 0.2) is 0 Å². The molecule has 1 aliphatic heterocycles. The molecule has 1 aromatic heterocycles. The first-order chi connectivity index (χ1) is 12.9. The molecule has 2 rings (SSSR count). The van der Waals surface area contributed by atoms with Crippen LogP contribution in [0.25, 0.3) is 0 Å². The highest BCUT2D eigenvalue weighted by Crippen LogP contribution is 2.26. The molecule has 0 aromatic carbocycles. The highest BCUT2D eigenvalue weighted by molar-refractivity contribution is 8.06. The van der Waals surface area contributed by atoms with Crippen molar-refractivity contribution in [1.29, 1.82) is 0 Å². The Morgan fingerprint density at radius 1 is 1.21 bits per heavy atom. The number of urea groups is 1. The summed E-state index contributed by atoms with van der Waals surface area (Å²) in [7, 11) is -3.02. The number of nitrogens with zero attached hydrogens (tertiary/aromatic N) is 3. The van der Waals surface area contributed by atoms with Crippen LogP contribution in [0.2, 0.25) is 0 Å². The molecule has 1 N–H and O–H groups in total. The van der Waals surface area contributed by atoms with E-state index in [-0.39, 0.29) is 24.3 Å². The Bertz CT molecular complexity index is 912. The van der Waals surface area contributed by atoms with E-state index in [4.69, 9.17) is 0 Å². The Morgan fingerprint density at radius 3 is 2.25 bits per heavy atom. The van der Waals surface area contributed by atoms with Crippen LogP contribution in [0, 0.1) is 5.92 Å². The second kappa shape index (κ2) is 7.66. The molecular formula is C17H21N3O7S. The van der Waals surface area contributed by atoms with Gasteiger partial charge in [-0.25, -0.2) is 13.2 Å². The van der Waals surface area contributed by atoms with Gasteiger partial charge in [-0.2, -0.15) is 0 Å². The normalized spacial score (nSPS) is 17.7. The predicted octanol–water partition coefficient (Wildman–Crippen LogP) is 0.536. The summed E-state index contributed by atoms with van der Waals surface area (Å²) in [6.07, 6.45) is 1.99. The van der Waals surface area contributed by atoms with E-state index in [1.54, 1.807) is 13.8 Å². The summed E-state index contributed by atoms with van der Waals surface area (Å²) in [6, 6.07) is 1.68. The predicted molar refractivity (Wildman–Crippen MR) is 95.7 cm³/mol. The summed E-state index contributed by atoms with van der Waals surface area (Å²) < 4.78 is 24.7. The average Bonchev–Trinajstić information content (AvgIpc) is 2.79. The first kappa shape index (κ1) is 21.5. The van der Waals surface area contributed by atoms with Crippen LogP contribution in [0.5, 0.6) is 0 Å². The Morgan fingerprint density at radius 2 is 1.79 bits per heavy atom. The van der Waals surface area contributed by atoms with E-state index in [2.05, 4.69) is 4.98 Å². The summed E-state index contributed by atoms with van der Waals surface area (Å²) in [5.41, 5.74) is -1.02. The number of carboxylic acid groups (broad SMARTS) is 1. The number of hydrogen-bond donors (Lipinski definition) is 1. The molecule has 0 saturated carbocycles. The van der Waals surface area contributed by atoms with Crippen molar-refractivity contribution in [2.45, 2.75) is 37.1 Å². The molecule has 3 amide bonds. The molecule has 28 heavy (non-hydrogen) atoms. The van der Waals surface area contributed by atoms with Crippen molar-refractivity contribution in [2.24, 2.45) is 5.92 Å². The van der Waals surface area contributed by atoms with E-state index in [1.165, 1.54) is 24.3 Å². The summed E-state index contributed by atoms with van der Waals surface area (Å²) in [5, 5.41) is 7.88. The molecule has 2 heterocycles. The number of hydrogen-bond acceptors (Lipinski definition) is 7. The van der Waals surface area contributed by atoms with Crippen LogP contribution in [0.4, 0.5) is 4.79 Å². The van der Waals surface area contributed by atoms with E-state index in [0.29, 0.717) is 0 Å². The number of sulfone groups is 1. The first-order valence-corrected chi connectivity index (χ1v) is 9.92. The Kier molecular flexibility index (Phi) is 5.88. The van der Waals surface area contributed by atoms with Gasteiger partial charge in [0.25, 0.3) is 11.0 Å². The lowest BCUT2D eigenvalue weighted by atomic mass is 10.0. The van der Waals surface area contributed by atoms with Crippen LogP contribution >= 0.6 is 0 Å². The minimum Gasteiger partial charge on any atom is -0.481 e. The zero-order valence-electron chi connectivity index (χ0n) is 15.7. The van der Waals surface area contributed by atoms with Crippen molar-refractivity contribution in [3.8, 4) is 0 Å². The maximum absolute atomic E-state index is 12.4. The summed E-state index contributed by atoms with van der Waals surface area (Å²) in [5.74, 6) is -3.83. The zero-order valence-corrected chi connectivity index (χ0v) is 16.5. The fourth-order valence-corrected chi connectivity index (χ4v) is 4.10. The quantitative estimate of drug-likeness (QED) is 0.506. The number of carbonyl (C=O) groups is 4. The molecule has 0 spiro atoms. The first-order valence-electron chi connectivity index (χ1n) is 8.44. The molecular weight excluding hydrogens is 390 g/mol. The molecule has 0 radical (unpaired) electrons. The number of amides is 3. The molecule has 0 bridgehead atoms. The third-order valence-corrected chi connectivity index (χ3v) is 6.51. The van der Waals surface area contributed by atoms with E-state index in [1.807, 2.05) is 0 Å². The van der Waals surface area contributed by atoms with Gasteiger partial charge < -0.3 is 10.0 Å². The molecule has 10 nitrogen and oxygen atoms in total. The molecule has 152 valence electrons. The van der Waals surface area contributed by atoms with Crippen molar-refractivity contribution in [1.82, 2.24) is 14.8 Å². The van der Waals surface area contributed by atoms with Gasteiger partial charge in [-0.3, -0.25) is 24.3 Å². The molecule has 1 fully saturated rings. The van der Waals surface area contributed by atoms with Crippen LogP contribution in [-0.2, 0) is 24.2 Å². The van der Waals surface area contributed by atoms with E-state index in [9.17, 15) is 32.7 Å². The van der Waals surface area contributed by atoms with Gasteiger partial charge in [0, 0.05) is 26.0 Å². The molecule has 1 aliphatic rings. The number of rotatable bonds is 7. The van der Waals surface area contributed by atoms with Gasteiger partial charge in [-0.1, -0.05) is 0 Å². The molecule has 11 heteroatoms. The summed E-state index contributed by atoms with van der Waals surface area (Å²) in [4.78, 5) is 53.9. The fraction of sp³-hybridized carbons (Fsp3) is 0.471. The molecule has 1 atom stereocenters. The number of aromatic nitrogens is 1. The number of carbonyl (C=O) groups excluding carboxylic acids is 3. The monoisotopic (exact) mass is 411 g/mol. The Balaban J connectivity index is 2.11. The van der Waals surface area contributed by atoms with Crippen LogP contribution in [0.15, 0.2) is 29.4 Å². The van der Waals surface area contributed by atoms with E-state index < -0.39 is 44.3 Å². The van der Waals surface area contributed by atoms with Crippen LogP contribution < -0.4 is 0 Å². The minimum atomic E-state index is -4.50. The van der Waals surface area contributed by atoms with Gasteiger partial charge >= 0.3 is 12.0 Å². The molecule has 1 aromatic rings. The fourth-order valence-electron chi connectivity index (χ4n) is 2.79. The van der Waals surface area contributed by atoms with Crippen molar-refractivity contribution < 1.29 is 32.7 Å². The second-order valence-electron chi connectivity index (χ2n) is 6.90. The van der Waals surface area contributed by atoms with Gasteiger partial charge in [0.2, 0.25) is 9.84 Å². The third kappa shape index (κ3) is 3.75. The van der Waals surface area contributed by atoms with Crippen molar-refractivity contribution in [3.05, 3.63) is 24.5 Å². The Labute approximate surface area is 162 Å². The number of imide groups is 1. The van der Waals surface area contributed by atoms with Gasteiger partial charge in [0.05, 0.1) is 4.90 Å². The van der Waals surface area contributed by atoms with Crippen molar-refractivity contribution in [3.63, 3.8) is 0 Å². The minimum absolute atomic E-state index is 0.0318. The van der Waals surface area contributed by atoms with E-state index in [0.717, 1.165) is 17.0 Å². The average molecular weight is 411 g/mol. The highest BCUT2D eigenvalue weighted by atomic mass is 32.2. The maximum Gasteiger partial charge on any atom is 0.327 e. The van der Waals surface area contributed by atoms with Crippen LogP contribution in [0.1, 0.15) is 26.7 Å². The lowest BCUT2D eigenvalue weighted by Gasteiger charge is -2.22. The maximum atomic E-state index is 12.4. The number of pyridine rings is 1. The van der Waals surface area contributed by atoms with Crippen molar-refractivity contribution in [2.75, 3.05) is 13.6 Å². The third-order valence-electron chi connectivity index (χ3n) is 4.81. The smallest absolute Gasteiger partial charge is 0.327 e. The molecule has 1 unspecified atom stereocenters. The number of carboxylic acids is 1.